The van der Waals surface area contributed by atoms with Gasteiger partial charge < -0.3 is 10.2 Å². The molecule has 2 rings (SSSR count). The van der Waals surface area contributed by atoms with E-state index >= 15 is 0 Å². The molecular formula is C13H18N2O. The molecule has 0 spiro atoms. The van der Waals surface area contributed by atoms with Gasteiger partial charge in [0, 0.05) is 13.1 Å². The molecule has 1 saturated heterocycles. The maximum atomic E-state index is 12.0. The molecule has 0 aliphatic carbocycles. The standard InChI is InChI=1S/C13H18N2O/c1-11-13(16)15(9-5-8-14-11)10-12-6-3-2-4-7-12/h2-4,6-7,11,14H,5,8-10H2,1H3/t11-/m1/s1. The number of hydrogen-bond acceptors (Lipinski definition) is 2. The van der Waals surface area contributed by atoms with Gasteiger partial charge in [-0.25, -0.2) is 0 Å². The van der Waals surface area contributed by atoms with Crippen LogP contribution in [0, 0.1) is 0 Å². The van der Waals surface area contributed by atoms with E-state index in [0.717, 1.165) is 26.1 Å². The van der Waals surface area contributed by atoms with Gasteiger partial charge in [-0.1, -0.05) is 30.3 Å². The topological polar surface area (TPSA) is 32.3 Å². The number of carbonyl (C=O) groups excluding carboxylic acids is 1. The molecule has 1 heterocycles. The van der Waals surface area contributed by atoms with Crippen LogP contribution in [0.3, 0.4) is 0 Å². The van der Waals surface area contributed by atoms with Gasteiger partial charge in [0.2, 0.25) is 5.91 Å². The van der Waals surface area contributed by atoms with Crippen LogP contribution in [0.2, 0.25) is 0 Å². The molecule has 0 unspecified atom stereocenters. The Labute approximate surface area is 96.5 Å². The van der Waals surface area contributed by atoms with Gasteiger partial charge in [-0.3, -0.25) is 4.79 Å². The number of hydrogen-bond donors (Lipinski definition) is 1. The average Bonchev–Trinajstić information content (AvgIpc) is 2.46. The van der Waals surface area contributed by atoms with Gasteiger partial charge in [0.25, 0.3) is 0 Å². The van der Waals surface area contributed by atoms with E-state index in [4.69, 9.17) is 0 Å². The average molecular weight is 218 g/mol. The lowest BCUT2D eigenvalue weighted by atomic mass is 10.2. The van der Waals surface area contributed by atoms with Crippen molar-refractivity contribution in [2.24, 2.45) is 0 Å². The predicted molar refractivity (Wildman–Crippen MR) is 63.9 cm³/mol. The highest BCUT2D eigenvalue weighted by atomic mass is 16.2. The van der Waals surface area contributed by atoms with E-state index in [2.05, 4.69) is 17.4 Å². The molecule has 16 heavy (non-hydrogen) atoms. The Bertz CT molecular complexity index is 350. The van der Waals surface area contributed by atoms with Gasteiger partial charge in [0.1, 0.15) is 0 Å². The first kappa shape index (κ1) is 11.1. The third-order valence-corrected chi connectivity index (χ3v) is 2.95. The van der Waals surface area contributed by atoms with Crippen molar-refractivity contribution in [1.29, 1.82) is 0 Å². The summed E-state index contributed by atoms with van der Waals surface area (Å²) in [5.41, 5.74) is 1.20. The zero-order chi connectivity index (χ0) is 11.4. The summed E-state index contributed by atoms with van der Waals surface area (Å²) in [6.07, 6.45) is 1.03. The molecule has 86 valence electrons. The quantitative estimate of drug-likeness (QED) is 0.813. The fourth-order valence-electron chi connectivity index (χ4n) is 2.02. The number of nitrogens with zero attached hydrogens (tertiary/aromatic N) is 1. The number of nitrogens with one attached hydrogen (secondary N) is 1. The molecule has 0 radical (unpaired) electrons. The van der Waals surface area contributed by atoms with Gasteiger partial charge >= 0.3 is 0 Å². The molecule has 0 saturated carbocycles. The van der Waals surface area contributed by atoms with Gasteiger partial charge in [0.15, 0.2) is 0 Å². The van der Waals surface area contributed by atoms with Crippen LogP contribution in [0.4, 0.5) is 0 Å². The van der Waals surface area contributed by atoms with Crippen LogP contribution in [0.5, 0.6) is 0 Å². The molecule has 1 fully saturated rings. The van der Waals surface area contributed by atoms with E-state index in [0.29, 0.717) is 0 Å². The lowest BCUT2D eigenvalue weighted by Gasteiger charge is -2.22. The second kappa shape index (κ2) is 5.12. The van der Waals surface area contributed by atoms with Gasteiger partial charge in [-0.05, 0) is 25.5 Å². The first-order valence-corrected chi connectivity index (χ1v) is 5.83. The Hall–Kier alpha value is -1.35. The Balaban J connectivity index is 2.05. The fourth-order valence-corrected chi connectivity index (χ4v) is 2.02. The van der Waals surface area contributed by atoms with E-state index in [1.54, 1.807) is 0 Å². The minimum absolute atomic E-state index is 0.0498. The second-order valence-corrected chi connectivity index (χ2v) is 4.27. The van der Waals surface area contributed by atoms with Crippen molar-refractivity contribution >= 4 is 5.91 Å². The summed E-state index contributed by atoms with van der Waals surface area (Å²) < 4.78 is 0. The molecule has 0 aromatic heterocycles. The van der Waals surface area contributed by atoms with Gasteiger partial charge in [-0.15, -0.1) is 0 Å². The zero-order valence-corrected chi connectivity index (χ0v) is 9.65. The van der Waals surface area contributed by atoms with Crippen LogP contribution in [0.25, 0.3) is 0 Å². The monoisotopic (exact) mass is 218 g/mol. The third-order valence-electron chi connectivity index (χ3n) is 2.95. The van der Waals surface area contributed by atoms with Crippen molar-refractivity contribution in [3.05, 3.63) is 35.9 Å². The van der Waals surface area contributed by atoms with Crippen LogP contribution in [0.15, 0.2) is 30.3 Å². The smallest absolute Gasteiger partial charge is 0.239 e. The number of amides is 1. The minimum Gasteiger partial charge on any atom is -0.337 e. The molecular weight excluding hydrogens is 200 g/mol. The van der Waals surface area contributed by atoms with Crippen molar-refractivity contribution in [1.82, 2.24) is 10.2 Å². The molecule has 0 bridgehead atoms. The normalized spacial score (nSPS) is 21.9. The summed E-state index contributed by atoms with van der Waals surface area (Å²) in [5, 5.41) is 3.22. The van der Waals surface area contributed by atoms with E-state index in [1.165, 1.54) is 5.56 Å². The highest BCUT2D eigenvalue weighted by Gasteiger charge is 2.22. The first-order valence-electron chi connectivity index (χ1n) is 5.83. The van der Waals surface area contributed by atoms with Crippen LogP contribution >= 0.6 is 0 Å². The number of carbonyl (C=O) groups is 1. The van der Waals surface area contributed by atoms with Crippen molar-refractivity contribution in [3.63, 3.8) is 0 Å². The minimum atomic E-state index is -0.0498. The van der Waals surface area contributed by atoms with Crippen molar-refractivity contribution < 1.29 is 4.79 Å². The maximum absolute atomic E-state index is 12.0. The summed E-state index contributed by atoms with van der Waals surface area (Å²) in [6, 6.07) is 10.1. The number of benzene rings is 1. The lowest BCUT2D eigenvalue weighted by molar-refractivity contribution is -0.132. The molecule has 1 aliphatic heterocycles. The Morgan fingerprint density at radius 1 is 1.38 bits per heavy atom. The summed E-state index contributed by atoms with van der Waals surface area (Å²) in [4.78, 5) is 14.0. The summed E-state index contributed by atoms with van der Waals surface area (Å²) in [6.45, 7) is 4.45. The molecule has 1 aromatic carbocycles. The van der Waals surface area contributed by atoms with Crippen molar-refractivity contribution in [2.45, 2.75) is 25.9 Å². The summed E-state index contributed by atoms with van der Waals surface area (Å²) in [5.74, 6) is 0.210. The van der Waals surface area contributed by atoms with Gasteiger partial charge in [0.05, 0.1) is 6.04 Å². The molecule has 3 nitrogen and oxygen atoms in total. The highest BCUT2D eigenvalue weighted by molar-refractivity contribution is 5.81. The van der Waals surface area contributed by atoms with Crippen LogP contribution in [0.1, 0.15) is 18.9 Å². The molecule has 1 aliphatic rings. The highest BCUT2D eigenvalue weighted by Crippen LogP contribution is 2.09. The lowest BCUT2D eigenvalue weighted by Crippen LogP contribution is -2.41. The van der Waals surface area contributed by atoms with Gasteiger partial charge in [-0.2, -0.15) is 0 Å². The molecule has 1 atom stereocenters. The Kier molecular flexibility index (Phi) is 3.57. The second-order valence-electron chi connectivity index (χ2n) is 4.27. The SMILES string of the molecule is C[C@H]1NCCCN(Cc2ccccc2)C1=O. The molecule has 1 N–H and O–H groups in total. The first-order chi connectivity index (χ1) is 7.77. The Morgan fingerprint density at radius 3 is 2.88 bits per heavy atom. The predicted octanol–water partition coefficient (Wildman–Crippen LogP) is 1.40. The third kappa shape index (κ3) is 2.61. The molecule has 3 heteroatoms. The molecule has 1 amide bonds. The Morgan fingerprint density at radius 2 is 2.12 bits per heavy atom. The van der Waals surface area contributed by atoms with E-state index in [-0.39, 0.29) is 11.9 Å². The molecule has 1 aromatic rings. The van der Waals surface area contributed by atoms with E-state index < -0.39 is 0 Å². The van der Waals surface area contributed by atoms with Crippen LogP contribution in [-0.4, -0.2) is 29.9 Å². The van der Waals surface area contributed by atoms with E-state index in [9.17, 15) is 4.79 Å². The largest absolute Gasteiger partial charge is 0.337 e. The van der Waals surface area contributed by atoms with Crippen LogP contribution in [-0.2, 0) is 11.3 Å². The zero-order valence-electron chi connectivity index (χ0n) is 9.65. The van der Waals surface area contributed by atoms with E-state index in [1.807, 2.05) is 30.0 Å². The van der Waals surface area contributed by atoms with Crippen LogP contribution < -0.4 is 5.32 Å². The van der Waals surface area contributed by atoms with Crippen molar-refractivity contribution in [2.75, 3.05) is 13.1 Å². The fraction of sp³-hybridized carbons (Fsp3) is 0.462. The summed E-state index contributed by atoms with van der Waals surface area (Å²) in [7, 11) is 0. The number of rotatable bonds is 2. The summed E-state index contributed by atoms with van der Waals surface area (Å²) >= 11 is 0. The van der Waals surface area contributed by atoms with Crippen molar-refractivity contribution in [3.8, 4) is 0 Å². The maximum Gasteiger partial charge on any atom is 0.239 e.